The monoisotopic (exact) mass is 642 g/mol. The molecule has 2 heterocycles. The zero-order valence-electron chi connectivity index (χ0n) is 27.0. The Morgan fingerprint density at radius 3 is 0.940 bits per heavy atom. The van der Waals surface area contributed by atoms with Crippen molar-refractivity contribution in [3.8, 4) is 0 Å². The Balaban J connectivity index is 1.08. The van der Waals surface area contributed by atoms with Crippen LogP contribution in [0.2, 0.25) is 0 Å². The predicted molar refractivity (Wildman–Crippen MR) is 208 cm³/mol. The summed E-state index contributed by atoms with van der Waals surface area (Å²) in [6, 6.07) is 63.6. The summed E-state index contributed by atoms with van der Waals surface area (Å²) >= 11 is 0. The van der Waals surface area contributed by atoms with E-state index in [1.807, 2.05) is 24.3 Å². The number of hydrogen-bond donors (Lipinski definition) is 0. The van der Waals surface area contributed by atoms with Crippen LogP contribution in [0, 0.1) is 0 Å². The Morgan fingerprint density at radius 2 is 0.580 bits per heavy atom. The van der Waals surface area contributed by atoms with Gasteiger partial charge >= 0.3 is 0 Å². The fraction of sp³-hybridized carbons (Fsp3) is 0. The minimum atomic E-state index is 0.854. The molecule has 0 aliphatic rings. The molecule has 0 bridgehead atoms. The summed E-state index contributed by atoms with van der Waals surface area (Å²) in [7, 11) is 0. The lowest BCUT2D eigenvalue weighted by Crippen LogP contribution is -2.09. The highest BCUT2D eigenvalue weighted by Crippen LogP contribution is 2.42. The topological polar surface area (TPSA) is 32.8 Å². The Labute approximate surface area is 288 Å². The molecule has 0 unspecified atom stereocenters. The quantitative estimate of drug-likeness (QED) is 0.181. The molecule has 0 N–H and O–H groups in total. The summed E-state index contributed by atoms with van der Waals surface area (Å²) in [5.74, 6) is 0. The van der Waals surface area contributed by atoms with Crippen LogP contribution in [0.15, 0.2) is 191 Å². The lowest BCUT2D eigenvalue weighted by Gasteiger charge is -2.25. The van der Waals surface area contributed by atoms with Crippen LogP contribution < -0.4 is 9.80 Å². The van der Waals surface area contributed by atoms with Crippen molar-refractivity contribution < 1.29 is 8.83 Å². The molecular weight excluding hydrogens is 613 g/mol. The van der Waals surface area contributed by atoms with E-state index in [2.05, 4.69) is 168 Å². The van der Waals surface area contributed by atoms with Crippen LogP contribution in [0.5, 0.6) is 0 Å². The Kier molecular flexibility index (Phi) is 6.46. The van der Waals surface area contributed by atoms with Gasteiger partial charge in [0.2, 0.25) is 0 Å². The van der Waals surface area contributed by atoms with E-state index < -0.39 is 0 Å². The zero-order chi connectivity index (χ0) is 33.0. The van der Waals surface area contributed by atoms with Crippen LogP contribution in [-0.2, 0) is 0 Å². The number of hydrogen-bond acceptors (Lipinski definition) is 4. The van der Waals surface area contributed by atoms with Gasteiger partial charge in [-0.2, -0.15) is 0 Å². The molecule has 10 rings (SSSR count). The van der Waals surface area contributed by atoms with Crippen molar-refractivity contribution in [1.82, 2.24) is 0 Å². The minimum Gasteiger partial charge on any atom is -0.456 e. The van der Waals surface area contributed by atoms with Crippen molar-refractivity contribution in [2.45, 2.75) is 0 Å². The van der Waals surface area contributed by atoms with Gasteiger partial charge in [0.25, 0.3) is 0 Å². The first-order chi connectivity index (χ1) is 24.8. The maximum atomic E-state index is 6.56. The molecule has 0 amide bonds. The van der Waals surface area contributed by atoms with Crippen molar-refractivity contribution >= 4 is 88.8 Å². The largest absolute Gasteiger partial charge is 0.456 e. The predicted octanol–water partition coefficient (Wildman–Crippen LogP) is 13.6. The van der Waals surface area contributed by atoms with Crippen molar-refractivity contribution in [2.75, 3.05) is 9.80 Å². The Morgan fingerprint density at radius 1 is 0.260 bits per heavy atom. The van der Waals surface area contributed by atoms with Crippen LogP contribution in [0.1, 0.15) is 0 Å². The zero-order valence-corrected chi connectivity index (χ0v) is 27.0. The second-order valence-electron chi connectivity index (χ2n) is 12.6. The van der Waals surface area contributed by atoms with E-state index in [9.17, 15) is 0 Å². The molecule has 0 aliphatic heterocycles. The summed E-state index contributed by atoms with van der Waals surface area (Å²) in [5.41, 5.74) is 9.87. The number of benzene rings is 8. The Hall–Kier alpha value is -6.78. The fourth-order valence-corrected chi connectivity index (χ4v) is 7.25. The highest BCUT2D eigenvalue weighted by molar-refractivity contribution is 6.15. The third kappa shape index (κ3) is 4.69. The van der Waals surface area contributed by atoms with E-state index in [1.165, 1.54) is 0 Å². The maximum Gasteiger partial charge on any atom is 0.137 e. The van der Waals surface area contributed by atoms with Gasteiger partial charge in [0, 0.05) is 67.8 Å². The third-order valence-corrected chi connectivity index (χ3v) is 9.56. The first-order valence-electron chi connectivity index (χ1n) is 16.8. The van der Waals surface area contributed by atoms with Gasteiger partial charge in [-0.3, -0.25) is 0 Å². The number of rotatable bonds is 6. The van der Waals surface area contributed by atoms with E-state index >= 15 is 0 Å². The molecule has 0 saturated heterocycles. The van der Waals surface area contributed by atoms with Crippen LogP contribution in [0.3, 0.4) is 0 Å². The lowest BCUT2D eigenvalue weighted by atomic mass is 10.0. The van der Waals surface area contributed by atoms with Crippen LogP contribution in [0.4, 0.5) is 34.1 Å². The maximum absolute atomic E-state index is 6.56. The van der Waals surface area contributed by atoms with Gasteiger partial charge in [0.1, 0.15) is 22.3 Å². The van der Waals surface area contributed by atoms with Gasteiger partial charge in [0.15, 0.2) is 0 Å². The number of furan rings is 2. The molecule has 10 aromatic rings. The van der Waals surface area contributed by atoms with E-state index in [1.54, 1.807) is 0 Å². The molecular formula is C46H30N2O2. The summed E-state index contributed by atoms with van der Waals surface area (Å²) in [6.45, 7) is 0. The second kappa shape index (κ2) is 11.4. The van der Waals surface area contributed by atoms with Crippen molar-refractivity contribution in [3.63, 3.8) is 0 Å². The van der Waals surface area contributed by atoms with Crippen molar-refractivity contribution in [1.29, 1.82) is 0 Å². The highest BCUT2D eigenvalue weighted by atomic mass is 16.3. The molecule has 236 valence electrons. The van der Waals surface area contributed by atoms with E-state index in [0.717, 1.165) is 88.8 Å². The van der Waals surface area contributed by atoms with Crippen molar-refractivity contribution in [3.05, 3.63) is 182 Å². The molecule has 0 radical (unpaired) electrons. The third-order valence-electron chi connectivity index (χ3n) is 9.56. The smallest absolute Gasteiger partial charge is 0.137 e. The number of anilines is 6. The highest BCUT2D eigenvalue weighted by Gasteiger charge is 2.18. The molecule has 4 nitrogen and oxygen atoms in total. The second-order valence-corrected chi connectivity index (χ2v) is 12.6. The van der Waals surface area contributed by atoms with Gasteiger partial charge < -0.3 is 18.6 Å². The molecule has 8 aromatic carbocycles. The SMILES string of the molecule is c1ccc(N(c2ccccc2)c2ccc3c(c2)oc2cc4cc5oc6cc(N(c7ccccc7)c7ccccc7)ccc6c5cc4cc23)cc1. The summed E-state index contributed by atoms with van der Waals surface area (Å²) in [6.07, 6.45) is 0. The minimum absolute atomic E-state index is 0.854. The Bertz CT molecular complexity index is 2540. The van der Waals surface area contributed by atoms with Crippen LogP contribution in [-0.4, -0.2) is 0 Å². The number of fused-ring (bicyclic) bond motifs is 7. The molecule has 50 heavy (non-hydrogen) atoms. The van der Waals surface area contributed by atoms with Crippen molar-refractivity contribution in [2.24, 2.45) is 0 Å². The summed E-state index contributed by atoms with van der Waals surface area (Å²) < 4.78 is 13.1. The molecule has 0 fully saturated rings. The fourth-order valence-electron chi connectivity index (χ4n) is 7.25. The van der Waals surface area contributed by atoms with Gasteiger partial charge in [0.05, 0.1) is 0 Å². The molecule has 2 aromatic heterocycles. The van der Waals surface area contributed by atoms with Gasteiger partial charge in [-0.15, -0.1) is 0 Å². The van der Waals surface area contributed by atoms with Crippen LogP contribution in [0.25, 0.3) is 54.6 Å². The molecule has 0 spiro atoms. The first kappa shape index (κ1) is 28.3. The number of para-hydroxylation sites is 4. The van der Waals surface area contributed by atoms with E-state index in [0.29, 0.717) is 0 Å². The van der Waals surface area contributed by atoms with Gasteiger partial charge in [-0.1, -0.05) is 72.8 Å². The normalized spacial score (nSPS) is 11.6. The summed E-state index contributed by atoms with van der Waals surface area (Å²) in [5, 5.41) is 6.61. The van der Waals surface area contributed by atoms with Crippen LogP contribution >= 0.6 is 0 Å². The number of nitrogens with zero attached hydrogens (tertiary/aromatic N) is 2. The molecule has 0 aliphatic carbocycles. The standard InChI is InChI=1S/C46H30N2O2/c1-5-13-33(14-6-1)47(34-15-7-2-8-16-34)37-21-23-39-41-25-31-26-42-40-24-22-38(48(35-17-9-3-10-18-35)36-19-11-4-12-20-36)30-46(40)50-44(42)28-32(31)27-43(41)49-45(39)29-37/h1-30H. The van der Waals surface area contributed by atoms with E-state index in [-0.39, 0.29) is 0 Å². The van der Waals surface area contributed by atoms with Gasteiger partial charge in [-0.25, -0.2) is 0 Å². The lowest BCUT2D eigenvalue weighted by molar-refractivity contribution is 0.668. The molecule has 0 saturated carbocycles. The molecule has 0 atom stereocenters. The first-order valence-corrected chi connectivity index (χ1v) is 16.8. The molecule has 4 heteroatoms. The van der Waals surface area contributed by atoms with Gasteiger partial charge in [-0.05, 0) is 108 Å². The summed E-state index contributed by atoms with van der Waals surface area (Å²) in [4.78, 5) is 4.51. The average molecular weight is 643 g/mol. The average Bonchev–Trinajstić information content (AvgIpc) is 3.71. The van der Waals surface area contributed by atoms with E-state index in [4.69, 9.17) is 8.83 Å².